The van der Waals surface area contributed by atoms with Crippen LogP contribution in [0.2, 0.25) is 5.02 Å². The molecule has 1 aromatic heterocycles. The molecule has 1 atom stereocenters. The minimum Gasteiger partial charge on any atom is -0.495 e. The lowest BCUT2D eigenvalue weighted by Gasteiger charge is -2.19. The van der Waals surface area contributed by atoms with E-state index in [2.05, 4.69) is 26.3 Å². The van der Waals surface area contributed by atoms with Gasteiger partial charge in [0.1, 0.15) is 11.4 Å². The molecular weight excluding hydrogens is 330 g/mol. The molecule has 0 fully saturated rings. The maximum atomic E-state index is 6.25. The molecule has 1 heterocycles. The Morgan fingerprint density at radius 2 is 2.21 bits per heavy atom. The molecule has 0 amide bonds. The number of halogens is 2. The van der Waals surface area contributed by atoms with Gasteiger partial charge in [-0.3, -0.25) is 10.8 Å². The van der Waals surface area contributed by atoms with Crippen molar-refractivity contribution in [2.24, 2.45) is 5.84 Å². The van der Waals surface area contributed by atoms with Gasteiger partial charge in [0, 0.05) is 15.7 Å². The largest absolute Gasteiger partial charge is 0.495 e. The predicted molar refractivity (Wildman–Crippen MR) is 79.1 cm³/mol. The number of methoxy groups -OCH3 is 1. The maximum Gasteiger partial charge on any atom is 0.142 e. The first-order valence-corrected chi connectivity index (χ1v) is 6.74. The summed E-state index contributed by atoms with van der Waals surface area (Å²) in [6.45, 7) is 0. The van der Waals surface area contributed by atoms with Gasteiger partial charge < -0.3 is 4.74 Å². The summed E-state index contributed by atoms with van der Waals surface area (Å²) in [5, 5.41) is 0.602. The van der Waals surface area contributed by atoms with Gasteiger partial charge in [0.05, 0.1) is 13.2 Å². The van der Waals surface area contributed by atoms with Gasteiger partial charge >= 0.3 is 0 Å². The number of hydrogen-bond donors (Lipinski definition) is 2. The van der Waals surface area contributed by atoms with Crippen LogP contribution in [0.4, 0.5) is 0 Å². The third-order valence-corrected chi connectivity index (χ3v) is 3.55. The number of nitrogens with one attached hydrogen (secondary N) is 1. The second kappa shape index (κ2) is 6.34. The van der Waals surface area contributed by atoms with Crippen LogP contribution in [-0.4, -0.2) is 12.1 Å². The van der Waals surface area contributed by atoms with Gasteiger partial charge in [0.25, 0.3) is 0 Å². The fourth-order valence-corrected chi connectivity index (χ4v) is 2.63. The highest BCUT2D eigenvalue weighted by Gasteiger charge is 2.20. The Balaban J connectivity index is 2.50. The Labute approximate surface area is 125 Å². The van der Waals surface area contributed by atoms with Gasteiger partial charge in [-0.2, -0.15) is 0 Å². The van der Waals surface area contributed by atoms with E-state index < -0.39 is 0 Å². The molecule has 0 spiro atoms. The summed E-state index contributed by atoms with van der Waals surface area (Å²) in [5.74, 6) is 6.31. The fourth-order valence-electron chi connectivity index (χ4n) is 1.84. The first kappa shape index (κ1) is 14.3. The van der Waals surface area contributed by atoms with Crippen LogP contribution in [0.15, 0.2) is 41.0 Å². The topological polar surface area (TPSA) is 60.2 Å². The van der Waals surface area contributed by atoms with E-state index in [1.165, 1.54) is 0 Å². The van der Waals surface area contributed by atoms with Crippen molar-refractivity contribution >= 4 is 27.5 Å². The third-order valence-electron chi connectivity index (χ3n) is 2.73. The van der Waals surface area contributed by atoms with Crippen LogP contribution in [0.25, 0.3) is 0 Å². The van der Waals surface area contributed by atoms with Gasteiger partial charge in [-0.25, -0.2) is 5.43 Å². The van der Waals surface area contributed by atoms with Crippen molar-refractivity contribution in [2.45, 2.75) is 6.04 Å². The van der Waals surface area contributed by atoms with E-state index in [1.807, 2.05) is 24.3 Å². The summed E-state index contributed by atoms with van der Waals surface area (Å²) in [7, 11) is 1.59. The zero-order valence-electron chi connectivity index (χ0n) is 10.2. The average molecular weight is 343 g/mol. The second-order valence-corrected chi connectivity index (χ2v) is 5.18. The molecule has 0 bridgehead atoms. The fraction of sp³-hybridized carbons (Fsp3) is 0.154. The lowest BCUT2D eigenvalue weighted by Crippen LogP contribution is -2.30. The van der Waals surface area contributed by atoms with Crippen molar-refractivity contribution in [1.29, 1.82) is 0 Å². The summed E-state index contributed by atoms with van der Waals surface area (Å²) >= 11 is 9.63. The summed E-state index contributed by atoms with van der Waals surface area (Å²) < 4.78 is 6.21. The smallest absolute Gasteiger partial charge is 0.142 e. The van der Waals surface area contributed by atoms with Crippen LogP contribution < -0.4 is 16.0 Å². The average Bonchev–Trinajstić information content (AvgIpc) is 2.42. The quantitative estimate of drug-likeness (QED) is 0.662. The molecular formula is C13H13BrClN3O. The van der Waals surface area contributed by atoms with Crippen molar-refractivity contribution in [1.82, 2.24) is 10.4 Å². The van der Waals surface area contributed by atoms with Crippen LogP contribution in [0.5, 0.6) is 5.75 Å². The van der Waals surface area contributed by atoms with Gasteiger partial charge in [0.15, 0.2) is 0 Å². The summed E-state index contributed by atoms with van der Waals surface area (Å²) in [6, 6.07) is 8.91. The van der Waals surface area contributed by atoms with Crippen LogP contribution in [0.3, 0.4) is 0 Å². The molecule has 100 valence electrons. The number of hydrogen-bond acceptors (Lipinski definition) is 4. The molecule has 19 heavy (non-hydrogen) atoms. The van der Waals surface area contributed by atoms with Crippen molar-refractivity contribution in [3.8, 4) is 5.75 Å². The lowest BCUT2D eigenvalue weighted by atomic mass is 10.0. The Hall–Kier alpha value is -1.14. The molecule has 0 saturated heterocycles. The minimum absolute atomic E-state index is 0.336. The zero-order valence-corrected chi connectivity index (χ0v) is 12.6. The molecule has 0 aliphatic carbocycles. The predicted octanol–water partition coefficient (Wildman–Crippen LogP) is 3.06. The molecule has 4 nitrogen and oxygen atoms in total. The third kappa shape index (κ3) is 3.06. The van der Waals surface area contributed by atoms with Crippen LogP contribution in [0.1, 0.15) is 17.3 Å². The maximum absolute atomic E-state index is 6.25. The Morgan fingerprint density at radius 1 is 1.42 bits per heavy atom. The number of nitrogens with zero attached hydrogens (tertiary/aromatic N) is 1. The first-order valence-electron chi connectivity index (χ1n) is 5.57. The van der Waals surface area contributed by atoms with Gasteiger partial charge in [-0.05, 0) is 29.8 Å². The van der Waals surface area contributed by atoms with Crippen molar-refractivity contribution in [3.05, 3.63) is 57.3 Å². The number of hydrazine groups is 1. The molecule has 0 radical (unpaired) electrons. The molecule has 0 aliphatic rings. The lowest BCUT2D eigenvalue weighted by molar-refractivity contribution is 0.400. The highest BCUT2D eigenvalue weighted by atomic mass is 79.9. The van der Waals surface area contributed by atoms with E-state index in [0.29, 0.717) is 16.5 Å². The number of benzene rings is 1. The Kier molecular flexibility index (Phi) is 4.76. The van der Waals surface area contributed by atoms with Crippen LogP contribution in [-0.2, 0) is 0 Å². The monoisotopic (exact) mass is 341 g/mol. The van der Waals surface area contributed by atoms with Crippen molar-refractivity contribution in [2.75, 3.05) is 7.11 Å². The van der Waals surface area contributed by atoms with Gasteiger partial charge in [-0.15, -0.1) is 0 Å². The molecule has 6 heteroatoms. The van der Waals surface area contributed by atoms with E-state index in [9.17, 15) is 0 Å². The normalized spacial score (nSPS) is 12.2. The second-order valence-electron chi connectivity index (χ2n) is 3.86. The number of ether oxygens (including phenoxy) is 1. The van der Waals surface area contributed by atoms with Gasteiger partial charge in [-0.1, -0.05) is 33.6 Å². The molecule has 2 rings (SSSR count). The van der Waals surface area contributed by atoms with Crippen molar-refractivity contribution in [3.63, 3.8) is 0 Å². The number of pyridine rings is 1. The summed E-state index contributed by atoms with van der Waals surface area (Å²) in [5.41, 5.74) is 4.26. The van der Waals surface area contributed by atoms with E-state index in [1.54, 1.807) is 19.4 Å². The Bertz CT molecular complexity index is 580. The number of rotatable bonds is 4. The van der Waals surface area contributed by atoms with E-state index in [4.69, 9.17) is 22.2 Å². The van der Waals surface area contributed by atoms with E-state index in [-0.39, 0.29) is 6.04 Å². The highest BCUT2D eigenvalue weighted by molar-refractivity contribution is 9.10. The van der Waals surface area contributed by atoms with Crippen LogP contribution in [0, 0.1) is 0 Å². The van der Waals surface area contributed by atoms with Crippen LogP contribution >= 0.6 is 27.5 Å². The van der Waals surface area contributed by atoms with E-state index >= 15 is 0 Å². The summed E-state index contributed by atoms with van der Waals surface area (Å²) in [4.78, 5) is 4.32. The number of aromatic nitrogens is 1. The standard InChI is InChI=1S/C13H13BrClN3O/c1-19-11-3-2-6-17-13(11)12(18-16)9-5-4-8(14)7-10(9)15/h2-7,12,18H,16H2,1H3. The first-order chi connectivity index (χ1) is 9.17. The zero-order chi connectivity index (χ0) is 13.8. The molecule has 1 unspecified atom stereocenters. The minimum atomic E-state index is -0.336. The number of nitrogens with two attached hydrogens (primary N) is 1. The molecule has 3 N–H and O–H groups in total. The molecule has 1 aromatic carbocycles. The van der Waals surface area contributed by atoms with Gasteiger partial charge in [0.2, 0.25) is 0 Å². The summed E-state index contributed by atoms with van der Waals surface area (Å²) in [6.07, 6.45) is 1.69. The van der Waals surface area contributed by atoms with Crippen molar-refractivity contribution < 1.29 is 4.74 Å². The molecule has 0 aliphatic heterocycles. The SMILES string of the molecule is COc1cccnc1C(NN)c1ccc(Br)cc1Cl. The van der Waals surface area contributed by atoms with E-state index in [0.717, 1.165) is 10.0 Å². The molecule has 2 aromatic rings. The Morgan fingerprint density at radius 3 is 2.84 bits per heavy atom. The highest BCUT2D eigenvalue weighted by Crippen LogP contribution is 2.32. The molecule has 0 saturated carbocycles.